The largest absolute Gasteiger partial charge is 0.393 e. The van der Waals surface area contributed by atoms with Crippen molar-refractivity contribution in [3.05, 3.63) is 0 Å². The Labute approximate surface area is 244 Å². The quantitative estimate of drug-likeness (QED) is 0.356. The van der Waals surface area contributed by atoms with Crippen molar-refractivity contribution in [1.82, 2.24) is 0 Å². The number of rotatable bonds is 6. The predicted molar refractivity (Wildman–Crippen MR) is 176 cm³/mol. The van der Waals surface area contributed by atoms with E-state index in [4.69, 9.17) is 5.11 Å². The van der Waals surface area contributed by atoms with Crippen LogP contribution in [0.1, 0.15) is 180 Å². The number of fused-ring (bicyclic) bond motifs is 3. The highest BCUT2D eigenvalue weighted by atomic mass is 16.3. The Morgan fingerprint density at radius 1 is 0.789 bits per heavy atom. The van der Waals surface area contributed by atoms with E-state index in [1.165, 1.54) is 51.4 Å². The molecule has 0 aromatic heterocycles. The predicted octanol–water partition coefficient (Wildman–Crippen LogP) is 12.6. The van der Waals surface area contributed by atoms with E-state index in [-0.39, 0.29) is 13.5 Å². The molecule has 38 heavy (non-hydrogen) atoms. The van der Waals surface area contributed by atoms with E-state index < -0.39 is 0 Å². The molecule has 0 aliphatic heterocycles. The molecule has 3 aliphatic rings. The molecular formula is C37H78O. The summed E-state index contributed by atoms with van der Waals surface area (Å²) < 4.78 is 0. The first-order chi connectivity index (χ1) is 17.6. The highest BCUT2D eigenvalue weighted by Gasteiger charge is 2.53. The zero-order chi connectivity index (χ0) is 28.6. The van der Waals surface area contributed by atoms with Gasteiger partial charge in [-0.05, 0) is 105 Å². The van der Waals surface area contributed by atoms with Crippen LogP contribution in [0.5, 0.6) is 0 Å². The molecule has 3 rings (SSSR count). The molecule has 0 radical (unpaired) electrons. The minimum absolute atomic E-state index is 0. The minimum Gasteiger partial charge on any atom is -0.393 e. The van der Waals surface area contributed by atoms with Crippen molar-refractivity contribution in [3.8, 4) is 0 Å². The highest BCUT2D eigenvalue weighted by Crippen LogP contribution is 2.62. The van der Waals surface area contributed by atoms with Gasteiger partial charge in [-0.25, -0.2) is 0 Å². The van der Waals surface area contributed by atoms with Crippen LogP contribution in [0.3, 0.4) is 0 Å². The van der Waals surface area contributed by atoms with E-state index in [1.807, 2.05) is 34.6 Å². The second-order valence-corrected chi connectivity index (χ2v) is 13.6. The SMILES string of the molecule is C.CC.CC.CC1CCCCC(C)C2CCC3(C)C(CCCC(C)C(C)C)CCC3C2CC1.CCC(C)O. The van der Waals surface area contributed by atoms with Gasteiger partial charge in [-0.15, -0.1) is 0 Å². The third-order valence-corrected chi connectivity index (χ3v) is 11.0. The standard InChI is InChI=1S/C28H52.C4H10O.2C2H6.CH4/c1-20(2)22(4)12-9-13-24-15-17-27-26-16-14-21(3)10-7-8-11-23(5)25(26)18-19-28(24,27)6;1-3-4(2)5;2*1-2;/h20-27H,7-19H2,1-6H3;4-5H,3H2,1-2H3;2*1-2H3;1H4. The van der Waals surface area contributed by atoms with Crippen LogP contribution in [0.2, 0.25) is 0 Å². The van der Waals surface area contributed by atoms with Crippen LogP contribution in [0.25, 0.3) is 0 Å². The summed E-state index contributed by atoms with van der Waals surface area (Å²) >= 11 is 0. The smallest absolute Gasteiger partial charge is 0.0509 e. The van der Waals surface area contributed by atoms with Gasteiger partial charge in [-0.1, -0.05) is 129 Å². The molecule has 0 aromatic rings. The van der Waals surface area contributed by atoms with Crippen molar-refractivity contribution < 1.29 is 5.11 Å². The third kappa shape index (κ3) is 12.6. The van der Waals surface area contributed by atoms with Crippen LogP contribution in [-0.2, 0) is 0 Å². The Balaban J connectivity index is 0. The zero-order valence-electron chi connectivity index (χ0n) is 28.0. The molecule has 9 unspecified atom stereocenters. The summed E-state index contributed by atoms with van der Waals surface area (Å²) in [7, 11) is 0. The van der Waals surface area contributed by atoms with Gasteiger partial charge in [0.05, 0.1) is 6.10 Å². The van der Waals surface area contributed by atoms with Crippen LogP contribution in [0.15, 0.2) is 0 Å². The Kier molecular flexibility index (Phi) is 22.9. The maximum Gasteiger partial charge on any atom is 0.0509 e. The lowest BCUT2D eigenvalue weighted by Crippen LogP contribution is -2.43. The molecular weight excluding hydrogens is 460 g/mol. The van der Waals surface area contributed by atoms with Gasteiger partial charge >= 0.3 is 0 Å². The third-order valence-electron chi connectivity index (χ3n) is 11.0. The lowest BCUT2D eigenvalue weighted by molar-refractivity contribution is -0.0186. The minimum atomic E-state index is -0.116. The van der Waals surface area contributed by atoms with Crippen molar-refractivity contribution in [2.45, 2.75) is 187 Å². The molecule has 0 amide bonds. The van der Waals surface area contributed by atoms with E-state index in [9.17, 15) is 0 Å². The highest BCUT2D eigenvalue weighted by molar-refractivity contribution is 5.03. The summed E-state index contributed by atoms with van der Waals surface area (Å²) in [5.41, 5.74) is 0.676. The maximum atomic E-state index is 8.36. The number of hydrogen-bond acceptors (Lipinski definition) is 1. The molecule has 0 spiro atoms. The van der Waals surface area contributed by atoms with Crippen LogP contribution in [0, 0.1) is 52.8 Å². The number of hydrogen-bond donors (Lipinski definition) is 1. The summed E-state index contributed by atoms with van der Waals surface area (Å²) in [6.45, 7) is 26.9. The lowest BCUT2D eigenvalue weighted by atomic mass is 9.54. The first-order valence-corrected chi connectivity index (χ1v) is 17.3. The molecule has 1 heteroatoms. The van der Waals surface area contributed by atoms with Gasteiger partial charge in [0.15, 0.2) is 0 Å². The Morgan fingerprint density at radius 3 is 1.92 bits per heavy atom. The molecule has 9 atom stereocenters. The number of aliphatic hydroxyl groups excluding tert-OH is 1. The average molecular weight is 539 g/mol. The van der Waals surface area contributed by atoms with Crippen molar-refractivity contribution in [3.63, 3.8) is 0 Å². The molecule has 0 aromatic carbocycles. The second kappa shape index (κ2) is 21.7. The summed E-state index contributed by atoms with van der Waals surface area (Å²) in [5, 5.41) is 8.36. The fraction of sp³-hybridized carbons (Fsp3) is 1.00. The average Bonchev–Trinajstić information content (AvgIpc) is 3.23. The molecule has 1 N–H and O–H groups in total. The van der Waals surface area contributed by atoms with Gasteiger partial charge in [0.1, 0.15) is 0 Å². The van der Waals surface area contributed by atoms with Crippen molar-refractivity contribution in [2.75, 3.05) is 0 Å². The summed E-state index contributed by atoms with van der Waals surface area (Å²) in [6.07, 6.45) is 20.4. The fourth-order valence-corrected chi connectivity index (χ4v) is 7.84. The van der Waals surface area contributed by atoms with Crippen molar-refractivity contribution in [1.29, 1.82) is 0 Å². The molecule has 0 bridgehead atoms. The lowest BCUT2D eigenvalue weighted by Gasteiger charge is -2.51. The van der Waals surface area contributed by atoms with Crippen LogP contribution < -0.4 is 0 Å². The monoisotopic (exact) mass is 539 g/mol. The topological polar surface area (TPSA) is 20.2 Å². The van der Waals surface area contributed by atoms with Gasteiger partial charge in [-0.3, -0.25) is 0 Å². The van der Waals surface area contributed by atoms with E-state index in [0.29, 0.717) is 5.41 Å². The fourth-order valence-electron chi connectivity index (χ4n) is 7.84. The van der Waals surface area contributed by atoms with Gasteiger partial charge in [0.2, 0.25) is 0 Å². The first kappa shape index (κ1) is 40.1. The molecule has 0 saturated heterocycles. The molecule has 3 saturated carbocycles. The van der Waals surface area contributed by atoms with E-state index >= 15 is 0 Å². The maximum absolute atomic E-state index is 8.36. The van der Waals surface area contributed by atoms with Crippen molar-refractivity contribution in [2.24, 2.45) is 52.8 Å². The molecule has 1 nitrogen and oxygen atoms in total. The second-order valence-electron chi connectivity index (χ2n) is 13.6. The normalized spacial score (nSPS) is 34.3. The first-order valence-electron chi connectivity index (χ1n) is 17.3. The van der Waals surface area contributed by atoms with E-state index in [1.54, 1.807) is 39.0 Å². The summed E-state index contributed by atoms with van der Waals surface area (Å²) in [5.74, 6) is 7.88. The van der Waals surface area contributed by atoms with Gasteiger partial charge in [-0.2, -0.15) is 0 Å². The van der Waals surface area contributed by atoms with Crippen LogP contribution in [0.4, 0.5) is 0 Å². The van der Waals surface area contributed by atoms with Gasteiger partial charge < -0.3 is 5.11 Å². The van der Waals surface area contributed by atoms with Crippen LogP contribution >= 0.6 is 0 Å². The van der Waals surface area contributed by atoms with E-state index in [0.717, 1.165) is 53.8 Å². The Morgan fingerprint density at radius 2 is 1.37 bits per heavy atom. The Bertz CT molecular complexity index is 525. The van der Waals surface area contributed by atoms with Crippen molar-refractivity contribution >= 4 is 0 Å². The molecule has 3 aliphatic carbocycles. The summed E-state index contributed by atoms with van der Waals surface area (Å²) in [4.78, 5) is 0. The molecule has 0 heterocycles. The van der Waals surface area contributed by atoms with E-state index in [2.05, 4.69) is 41.5 Å². The number of aliphatic hydroxyl groups is 1. The zero-order valence-corrected chi connectivity index (χ0v) is 28.0. The van der Waals surface area contributed by atoms with Crippen LogP contribution in [-0.4, -0.2) is 11.2 Å². The summed E-state index contributed by atoms with van der Waals surface area (Å²) in [6, 6.07) is 0. The van der Waals surface area contributed by atoms with Gasteiger partial charge in [0.25, 0.3) is 0 Å². The molecule has 3 fully saturated rings. The van der Waals surface area contributed by atoms with Gasteiger partial charge in [0, 0.05) is 0 Å². The molecule has 232 valence electrons. The Hall–Kier alpha value is -0.0400.